The first-order valence-electron chi connectivity index (χ1n) is 7.22. The molecule has 1 saturated heterocycles. The molecule has 1 fully saturated rings. The van der Waals surface area contributed by atoms with Gasteiger partial charge >= 0.3 is 0 Å². The van der Waals surface area contributed by atoms with Gasteiger partial charge in [0.05, 0.1) is 13.5 Å². The topological polar surface area (TPSA) is 50.4 Å². The van der Waals surface area contributed by atoms with E-state index >= 15 is 0 Å². The number of methoxy groups -OCH3 is 1. The highest BCUT2D eigenvalue weighted by Crippen LogP contribution is 2.26. The van der Waals surface area contributed by atoms with Crippen LogP contribution in [0.5, 0.6) is 5.75 Å². The molecule has 1 aromatic rings. The van der Waals surface area contributed by atoms with Crippen LogP contribution in [0.1, 0.15) is 25.3 Å². The Morgan fingerprint density at radius 3 is 2.48 bits per heavy atom. The smallest absolute Gasteiger partial charge is 0.224 e. The SMILES string of the molecule is COc1ccc(CC(=O)NCC2(C)CCNCC2)cc1.Cl. The maximum atomic E-state index is 12.0. The lowest BCUT2D eigenvalue weighted by atomic mass is 9.81. The number of benzene rings is 1. The molecule has 2 rings (SSSR count). The van der Waals surface area contributed by atoms with Crippen LogP contribution in [0.2, 0.25) is 0 Å². The van der Waals surface area contributed by atoms with Crippen molar-refractivity contribution >= 4 is 18.3 Å². The van der Waals surface area contributed by atoms with Crippen LogP contribution in [0.25, 0.3) is 0 Å². The number of carbonyl (C=O) groups is 1. The number of ether oxygens (including phenoxy) is 1. The molecule has 1 amide bonds. The summed E-state index contributed by atoms with van der Waals surface area (Å²) in [4.78, 5) is 12.0. The summed E-state index contributed by atoms with van der Waals surface area (Å²) in [7, 11) is 1.64. The van der Waals surface area contributed by atoms with E-state index in [1.807, 2.05) is 24.3 Å². The molecule has 0 bridgehead atoms. The Bertz CT molecular complexity index is 442. The van der Waals surface area contributed by atoms with Gasteiger partial charge in [-0.05, 0) is 49.0 Å². The Morgan fingerprint density at radius 1 is 1.29 bits per heavy atom. The van der Waals surface area contributed by atoms with Crippen LogP contribution in [0.15, 0.2) is 24.3 Å². The number of halogens is 1. The minimum Gasteiger partial charge on any atom is -0.497 e. The van der Waals surface area contributed by atoms with Gasteiger partial charge in [0.15, 0.2) is 0 Å². The van der Waals surface area contributed by atoms with Gasteiger partial charge in [-0.2, -0.15) is 0 Å². The van der Waals surface area contributed by atoms with Crippen LogP contribution in [0, 0.1) is 5.41 Å². The first-order valence-corrected chi connectivity index (χ1v) is 7.22. The minimum absolute atomic E-state index is 0. The molecule has 118 valence electrons. The van der Waals surface area contributed by atoms with E-state index in [0.29, 0.717) is 6.42 Å². The normalized spacial score (nSPS) is 16.7. The second kappa shape index (κ2) is 8.25. The Balaban J connectivity index is 0.00000220. The third-order valence-corrected chi connectivity index (χ3v) is 4.05. The van der Waals surface area contributed by atoms with Gasteiger partial charge in [0, 0.05) is 6.54 Å². The number of hydrogen-bond donors (Lipinski definition) is 2. The molecule has 0 spiro atoms. The minimum atomic E-state index is 0. The monoisotopic (exact) mass is 312 g/mol. The van der Waals surface area contributed by atoms with Crippen molar-refractivity contribution in [1.82, 2.24) is 10.6 Å². The van der Waals surface area contributed by atoms with Crippen LogP contribution in [-0.2, 0) is 11.2 Å². The maximum Gasteiger partial charge on any atom is 0.224 e. The van der Waals surface area contributed by atoms with Gasteiger partial charge in [0.1, 0.15) is 5.75 Å². The molecule has 21 heavy (non-hydrogen) atoms. The second-order valence-corrected chi connectivity index (χ2v) is 5.86. The molecule has 1 aliphatic rings. The summed E-state index contributed by atoms with van der Waals surface area (Å²) in [5.41, 5.74) is 1.25. The molecule has 1 aliphatic heterocycles. The molecule has 2 N–H and O–H groups in total. The lowest BCUT2D eigenvalue weighted by Gasteiger charge is -2.34. The molecule has 0 atom stereocenters. The Morgan fingerprint density at radius 2 is 1.90 bits per heavy atom. The number of piperidine rings is 1. The summed E-state index contributed by atoms with van der Waals surface area (Å²) >= 11 is 0. The zero-order valence-corrected chi connectivity index (χ0v) is 13.6. The quantitative estimate of drug-likeness (QED) is 0.876. The van der Waals surface area contributed by atoms with E-state index < -0.39 is 0 Å². The zero-order chi connectivity index (χ0) is 14.4. The van der Waals surface area contributed by atoms with Crippen LogP contribution in [-0.4, -0.2) is 32.7 Å². The van der Waals surface area contributed by atoms with E-state index in [1.54, 1.807) is 7.11 Å². The first kappa shape index (κ1) is 17.8. The maximum absolute atomic E-state index is 12.0. The van der Waals surface area contributed by atoms with E-state index in [1.165, 1.54) is 0 Å². The summed E-state index contributed by atoms with van der Waals surface area (Å²) < 4.78 is 5.11. The molecular weight excluding hydrogens is 288 g/mol. The molecule has 0 aromatic heterocycles. The van der Waals surface area contributed by atoms with Crippen molar-refractivity contribution in [2.75, 3.05) is 26.7 Å². The van der Waals surface area contributed by atoms with Gasteiger partial charge in [0.2, 0.25) is 5.91 Å². The van der Waals surface area contributed by atoms with Crippen molar-refractivity contribution in [3.05, 3.63) is 29.8 Å². The van der Waals surface area contributed by atoms with Gasteiger partial charge in [0.25, 0.3) is 0 Å². The highest BCUT2D eigenvalue weighted by molar-refractivity contribution is 5.85. The van der Waals surface area contributed by atoms with Crippen molar-refractivity contribution in [2.45, 2.75) is 26.2 Å². The Hall–Kier alpha value is -1.26. The molecule has 1 aromatic carbocycles. The summed E-state index contributed by atoms with van der Waals surface area (Å²) in [6.07, 6.45) is 2.67. The van der Waals surface area contributed by atoms with Crippen LogP contribution < -0.4 is 15.4 Å². The largest absolute Gasteiger partial charge is 0.497 e. The highest BCUT2D eigenvalue weighted by atomic mass is 35.5. The molecule has 0 radical (unpaired) electrons. The standard InChI is InChI=1S/C16H24N2O2.ClH/c1-16(7-9-17-10-8-16)12-18-15(19)11-13-3-5-14(20-2)6-4-13;/h3-6,17H,7-12H2,1-2H3,(H,18,19);1H. The summed E-state index contributed by atoms with van der Waals surface area (Å²) in [6.45, 7) is 5.11. The van der Waals surface area contributed by atoms with Crippen molar-refractivity contribution in [2.24, 2.45) is 5.41 Å². The van der Waals surface area contributed by atoms with Gasteiger partial charge in [-0.1, -0.05) is 19.1 Å². The fraction of sp³-hybridized carbons (Fsp3) is 0.562. The Labute approximate surface area is 133 Å². The third kappa shape index (κ3) is 5.56. The fourth-order valence-corrected chi connectivity index (χ4v) is 2.51. The average Bonchev–Trinajstić information content (AvgIpc) is 2.47. The second-order valence-electron chi connectivity index (χ2n) is 5.86. The molecule has 5 heteroatoms. The van der Waals surface area contributed by atoms with Gasteiger partial charge in [-0.25, -0.2) is 0 Å². The lowest BCUT2D eigenvalue weighted by molar-refractivity contribution is -0.121. The molecule has 0 unspecified atom stereocenters. The van der Waals surface area contributed by atoms with Gasteiger partial charge in [-0.3, -0.25) is 4.79 Å². The van der Waals surface area contributed by atoms with E-state index in [2.05, 4.69) is 17.6 Å². The van der Waals surface area contributed by atoms with E-state index in [-0.39, 0.29) is 23.7 Å². The van der Waals surface area contributed by atoms with Crippen molar-refractivity contribution in [3.8, 4) is 5.75 Å². The van der Waals surface area contributed by atoms with Crippen LogP contribution >= 0.6 is 12.4 Å². The van der Waals surface area contributed by atoms with E-state index in [9.17, 15) is 4.79 Å². The average molecular weight is 313 g/mol. The lowest BCUT2D eigenvalue weighted by Crippen LogP contribution is -2.43. The molecular formula is C16H25ClN2O2. The predicted molar refractivity (Wildman–Crippen MR) is 87.2 cm³/mol. The number of hydrogen-bond acceptors (Lipinski definition) is 3. The first-order chi connectivity index (χ1) is 9.61. The van der Waals surface area contributed by atoms with Crippen molar-refractivity contribution in [1.29, 1.82) is 0 Å². The van der Waals surface area contributed by atoms with Gasteiger partial charge in [-0.15, -0.1) is 12.4 Å². The zero-order valence-electron chi connectivity index (χ0n) is 12.8. The molecule has 0 saturated carbocycles. The number of amides is 1. The van der Waals surface area contributed by atoms with Crippen molar-refractivity contribution in [3.63, 3.8) is 0 Å². The Kier molecular flexibility index (Phi) is 6.99. The molecule has 1 heterocycles. The third-order valence-electron chi connectivity index (χ3n) is 4.05. The summed E-state index contributed by atoms with van der Waals surface area (Å²) in [5.74, 6) is 0.909. The van der Waals surface area contributed by atoms with Crippen LogP contribution in [0.3, 0.4) is 0 Å². The number of rotatable bonds is 5. The van der Waals surface area contributed by atoms with Crippen LogP contribution in [0.4, 0.5) is 0 Å². The van der Waals surface area contributed by atoms with E-state index in [0.717, 1.165) is 43.8 Å². The predicted octanol–water partition coefficient (Wildman–Crippen LogP) is 2.17. The molecule has 4 nitrogen and oxygen atoms in total. The highest BCUT2D eigenvalue weighted by Gasteiger charge is 2.26. The van der Waals surface area contributed by atoms with Crippen molar-refractivity contribution < 1.29 is 9.53 Å². The number of carbonyl (C=O) groups excluding carboxylic acids is 1. The molecule has 0 aliphatic carbocycles. The summed E-state index contributed by atoms with van der Waals surface area (Å²) in [6, 6.07) is 7.64. The van der Waals surface area contributed by atoms with E-state index in [4.69, 9.17) is 4.74 Å². The number of nitrogens with one attached hydrogen (secondary N) is 2. The summed E-state index contributed by atoms with van der Waals surface area (Å²) in [5, 5.41) is 6.43. The van der Waals surface area contributed by atoms with Gasteiger partial charge < -0.3 is 15.4 Å². The fourth-order valence-electron chi connectivity index (χ4n) is 2.51.